The van der Waals surface area contributed by atoms with Crippen LogP contribution < -0.4 is 10.6 Å². The van der Waals surface area contributed by atoms with E-state index in [0.717, 1.165) is 0 Å². The third-order valence-corrected chi connectivity index (χ3v) is 4.57. The number of primary sulfonamides is 1. The van der Waals surface area contributed by atoms with E-state index < -0.39 is 21.2 Å². The van der Waals surface area contributed by atoms with Crippen molar-refractivity contribution in [3.05, 3.63) is 33.7 Å². The number of pyridine rings is 1. The standard InChI is InChI=1S/C11H15N3O4S/c1-7-4-13-5-9(10(7)15)11(16)14-3-2-8(6-14)19(12,17)18/h4-5,8H,2-3,6H2,1H3,(H,13,15)(H2,12,17,18). The molecule has 0 saturated carbocycles. The smallest absolute Gasteiger partial charge is 0.259 e. The Morgan fingerprint density at radius 3 is 2.74 bits per heavy atom. The number of carbonyl (C=O) groups is 1. The lowest BCUT2D eigenvalue weighted by molar-refractivity contribution is 0.0791. The molecule has 1 amide bonds. The zero-order chi connectivity index (χ0) is 14.2. The quantitative estimate of drug-likeness (QED) is 0.739. The molecule has 2 heterocycles. The average Bonchev–Trinajstić information content (AvgIpc) is 2.81. The molecule has 1 saturated heterocycles. The summed E-state index contributed by atoms with van der Waals surface area (Å²) < 4.78 is 22.5. The summed E-state index contributed by atoms with van der Waals surface area (Å²) in [6, 6.07) is 0. The number of likely N-dealkylation sites (tertiary alicyclic amines) is 1. The topological polar surface area (TPSA) is 113 Å². The minimum atomic E-state index is -3.65. The molecule has 19 heavy (non-hydrogen) atoms. The zero-order valence-electron chi connectivity index (χ0n) is 10.4. The highest BCUT2D eigenvalue weighted by atomic mass is 32.2. The van der Waals surface area contributed by atoms with Crippen LogP contribution in [-0.2, 0) is 10.0 Å². The Morgan fingerprint density at radius 2 is 2.16 bits per heavy atom. The summed E-state index contributed by atoms with van der Waals surface area (Å²) in [5.74, 6) is -0.462. The molecule has 0 aromatic carbocycles. The third-order valence-electron chi connectivity index (χ3n) is 3.26. The number of nitrogens with two attached hydrogens (primary N) is 1. The highest BCUT2D eigenvalue weighted by molar-refractivity contribution is 7.89. The number of aryl methyl sites for hydroxylation is 1. The van der Waals surface area contributed by atoms with Crippen molar-refractivity contribution in [1.82, 2.24) is 9.88 Å². The monoisotopic (exact) mass is 285 g/mol. The van der Waals surface area contributed by atoms with Gasteiger partial charge in [0.05, 0.1) is 5.25 Å². The maximum atomic E-state index is 12.2. The molecule has 1 aliphatic heterocycles. The predicted molar refractivity (Wildman–Crippen MR) is 69.2 cm³/mol. The molecule has 3 N–H and O–H groups in total. The molecule has 104 valence electrons. The van der Waals surface area contributed by atoms with Crippen LogP contribution >= 0.6 is 0 Å². The Hall–Kier alpha value is -1.67. The first kappa shape index (κ1) is 13.8. The van der Waals surface area contributed by atoms with E-state index in [1.807, 2.05) is 0 Å². The van der Waals surface area contributed by atoms with Crippen LogP contribution in [0.5, 0.6) is 0 Å². The van der Waals surface area contributed by atoms with Crippen LogP contribution in [0.25, 0.3) is 0 Å². The molecule has 2 rings (SSSR count). The molecular formula is C11H15N3O4S. The van der Waals surface area contributed by atoms with E-state index in [2.05, 4.69) is 4.98 Å². The summed E-state index contributed by atoms with van der Waals surface area (Å²) in [7, 11) is -3.65. The van der Waals surface area contributed by atoms with Gasteiger partial charge in [0.1, 0.15) is 5.56 Å². The number of nitrogens with zero attached hydrogens (tertiary/aromatic N) is 1. The maximum Gasteiger partial charge on any atom is 0.259 e. The van der Waals surface area contributed by atoms with Crippen molar-refractivity contribution >= 4 is 15.9 Å². The molecule has 0 aliphatic carbocycles. The summed E-state index contributed by atoms with van der Waals surface area (Å²) in [5.41, 5.74) is 0.117. The molecule has 0 spiro atoms. The Labute approximate surface area is 110 Å². The van der Waals surface area contributed by atoms with E-state index in [-0.39, 0.29) is 24.1 Å². The summed E-state index contributed by atoms with van der Waals surface area (Å²) in [6.07, 6.45) is 3.15. The second kappa shape index (κ2) is 4.78. The number of carbonyl (C=O) groups excluding carboxylic acids is 1. The van der Waals surface area contributed by atoms with Crippen LogP contribution in [0.1, 0.15) is 22.3 Å². The Morgan fingerprint density at radius 1 is 1.47 bits per heavy atom. The van der Waals surface area contributed by atoms with E-state index in [4.69, 9.17) is 5.14 Å². The van der Waals surface area contributed by atoms with Gasteiger partial charge in [0.2, 0.25) is 10.0 Å². The van der Waals surface area contributed by atoms with Crippen LogP contribution in [0.15, 0.2) is 17.2 Å². The first-order valence-electron chi connectivity index (χ1n) is 5.79. The number of aromatic amines is 1. The lowest BCUT2D eigenvalue weighted by atomic mass is 10.2. The fraction of sp³-hybridized carbons (Fsp3) is 0.455. The van der Waals surface area contributed by atoms with Crippen LogP contribution in [0.3, 0.4) is 0 Å². The molecule has 7 nitrogen and oxygen atoms in total. The lowest BCUT2D eigenvalue weighted by Crippen LogP contribution is -2.36. The largest absolute Gasteiger partial charge is 0.366 e. The normalized spacial score (nSPS) is 19.7. The van der Waals surface area contributed by atoms with Crippen LogP contribution in [0, 0.1) is 6.92 Å². The number of amides is 1. The highest BCUT2D eigenvalue weighted by Crippen LogP contribution is 2.16. The third kappa shape index (κ3) is 2.69. The minimum Gasteiger partial charge on any atom is -0.366 e. The van der Waals surface area contributed by atoms with Gasteiger partial charge in [-0.15, -0.1) is 0 Å². The number of hydrogen-bond acceptors (Lipinski definition) is 4. The van der Waals surface area contributed by atoms with Gasteiger partial charge in [0, 0.05) is 31.0 Å². The van der Waals surface area contributed by atoms with Crippen molar-refractivity contribution in [3.63, 3.8) is 0 Å². The molecule has 1 atom stereocenters. The van der Waals surface area contributed by atoms with Gasteiger partial charge in [-0.05, 0) is 13.3 Å². The fourth-order valence-corrected chi connectivity index (χ4v) is 2.93. The molecule has 1 unspecified atom stereocenters. The number of rotatable bonds is 2. The zero-order valence-corrected chi connectivity index (χ0v) is 11.2. The molecule has 1 aliphatic rings. The van der Waals surface area contributed by atoms with E-state index in [0.29, 0.717) is 12.0 Å². The van der Waals surface area contributed by atoms with Gasteiger partial charge < -0.3 is 9.88 Å². The van der Waals surface area contributed by atoms with Gasteiger partial charge in [-0.1, -0.05) is 0 Å². The molecule has 1 aromatic heterocycles. The van der Waals surface area contributed by atoms with Gasteiger partial charge in [0.25, 0.3) is 5.91 Å². The second-order valence-corrected chi connectivity index (χ2v) is 6.48. The van der Waals surface area contributed by atoms with Crippen molar-refractivity contribution in [3.8, 4) is 0 Å². The lowest BCUT2D eigenvalue weighted by Gasteiger charge is -2.15. The van der Waals surface area contributed by atoms with E-state index in [9.17, 15) is 18.0 Å². The number of sulfonamides is 1. The van der Waals surface area contributed by atoms with Crippen molar-refractivity contribution in [2.45, 2.75) is 18.6 Å². The van der Waals surface area contributed by atoms with Crippen molar-refractivity contribution < 1.29 is 13.2 Å². The predicted octanol–water partition coefficient (Wildman–Crippen LogP) is -0.814. The van der Waals surface area contributed by atoms with E-state index in [1.54, 1.807) is 6.92 Å². The first-order chi connectivity index (χ1) is 8.80. The molecule has 0 bridgehead atoms. The van der Waals surface area contributed by atoms with Crippen LogP contribution in [-0.4, -0.2) is 42.5 Å². The van der Waals surface area contributed by atoms with Crippen LogP contribution in [0.4, 0.5) is 0 Å². The molecular weight excluding hydrogens is 270 g/mol. The Bertz CT molecular complexity index is 665. The van der Waals surface area contributed by atoms with E-state index >= 15 is 0 Å². The van der Waals surface area contributed by atoms with Gasteiger partial charge >= 0.3 is 0 Å². The molecule has 8 heteroatoms. The van der Waals surface area contributed by atoms with Gasteiger partial charge in [-0.3, -0.25) is 9.59 Å². The summed E-state index contributed by atoms with van der Waals surface area (Å²) in [4.78, 5) is 28.1. The summed E-state index contributed by atoms with van der Waals surface area (Å²) in [5, 5.41) is 4.31. The molecule has 1 fully saturated rings. The summed E-state index contributed by atoms with van der Waals surface area (Å²) in [6.45, 7) is 1.92. The number of hydrogen-bond donors (Lipinski definition) is 2. The van der Waals surface area contributed by atoms with Crippen molar-refractivity contribution in [2.75, 3.05) is 13.1 Å². The second-order valence-electron chi connectivity index (χ2n) is 4.63. The maximum absolute atomic E-state index is 12.2. The Balaban J connectivity index is 2.23. The first-order valence-corrected chi connectivity index (χ1v) is 7.40. The number of aromatic nitrogens is 1. The fourth-order valence-electron chi connectivity index (χ4n) is 2.10. The van der Waals surface area contributed by atoms with Crippen molar-refractivity contribution in [2.24, 2.45) is 5.14 Å². The van der Waals surface area contributed by atoms with Crippen molar-refractivity contribution in [1.29, 1.82) is 0 Å². The number of H-pyrrole nitrogens is 1. The average molecular weight is 285 g/mol. The van der Waals surface area contributed by atoms with Crippen LogP contribution in [0.2, 0.25) is 0 Å². The van der Waals surface area contributed by atoms with Gasteiger partial charge in [-0.2, -0.15) is 0 Å². The minimum absolute atomic E-state index is 0.0232. The Kier molecular flexibility index (Phi) is 3.46. The van der Waals surface area contributed by atoms with E-state index in [1.165, 1.54) is 17.3 Å². The number of nitrogens with one attached hydrogen (secondary N) is 1. The highest BCUT2D eigenvalue weighted by Gasteiger charge is 2.34. The van der Waals surface area contributed by atoms with Gasteiger partial charge in [0.15, 0.2) is 5.43 Å². The molecule has 0 radical (unpaired) electrons. The molecule has 1 aromatic rings. The SMILES string of the molecule is Cc1c[nH]cc(C(=O)N2CCC(S(N)(=O)=O)C2)c1=O. The summed E-state index contributed by atoms with van der Waals surface area (Å²) >= 11 is 0. The van der Waals surface area contributed by atoms with Gasteiger partial charge in [-0.25, -0.2) is 13.6 Å².